The van der Waals surface area contributed by atoms with Crippen LogP contribution in [0.3, 0.4) is 0 Å². The lowest BCUT2D eigenvalue weighted by Gasteiger charge is -2.34. The van der Waals surface area contributed by atoms with Crippen LogP contribution in [0.25, 0.3) is 32.8 Å². The molecule has 45 heavy (non-hydrogen) atoms. The summed E-state index contributed by atoms with van der Waals surface area (Å²) in [4.78, 5) is 14.7. The van der Waals surface area contributed by atoms with Gasteiger partial charge in [-0.3, -0.25) is 4.90 Å². The number of piperazine rings is 1. The quantitative estimate of drug-likeness (QED) is 0.258. The van der Waals surface area contributed by atoms with Gasteiger partial charge in [0, 0.05) is 59.4 Å². The van der Waals surface area contributed by atoms with Gasteiger partial charge in [0.15, 0.2) is 5.82 Å². The third-order valence-corrected chi connectivity index (χ3v) is 11.0. The number of anilines is 1. The van der Waals surface area contributed by atoms with Crippen molar-refractivity contribution in [1.29, 1.82) is 5.26 Å². The number of nitriles is 1. The van der Waals surface area contributed by atoms with Crippen LogP contribution >= 0.6 is 11.8 Å². The zero-order valence-corrected chi connectivity index (χ0v) is 25.8. The average Bonchev–Trinajstić information content (AvgIpc) is 3.69. The third kappa shape index (κ3) is 4.77. The Labute approximate surface area is 264 Å². The van der Waals surface area contributed by atoms with Crippen molar-refractivity contribution in [3.05, 3.63) is 47.8 Å². The first-order valence-electron chi connectivity index (χ1n) is 15.6. The zero-order valence-electron chi connectivity index (χ0n) is 25.0. The smallest absolute Gasteiger partial charge is 0.319 e. The highest BCUT2D eigenvalue weighted by atomic mass is 32.2. The van der Waals surface area contributed by atoms with Gasteiger partial charge in [0.1, 0.15) is 29.9 Å². The molecular weight excluding hydrogens is 594 g/mol. The fourth-order valence-electron chi connectivity index (χ4n) is 8.21. The number of halogens is 2. The number of phenols is 1. The van der Waals surface area contributed by atoms with E-state index >= 15 is 4.39 Å². The number of nitrogens with zero attached hydrogens (tertiary/aromatic N) is 5. The number of aromatic hydroxyl groups is 1. The van der Waals surface area contributed by atoms with E-state index in [0.717, 1.165) is 47.9 Å². The second-order valence-electron chi connectivity index (χ2n) is 12.9. The normalized spacial score (nSPS) is 26.1. The Morgan fingerprint density at radius 2 is 2.00 bits per heavy atom. The molecule has 0 aliphatic carbocycles. The molecule has 4 atom stereocenters. The molecule has 2 bridgehead atoms. The number of hydrogen-bond donors (Lipinski definition) is 2. The standard InChI is InChI=1S/C34H34F2N6O2S/c1-45-27-5-2-4-19-10-24(43)12-25(28(19)27)29-20(14-37)11-26-31(30(29)36)39-33(40-32(26)41-16-22-6-7-23(17-41)38-22)44-18-34-8-3-9-42(34)15-21(35)13-34/h2,4-5,10-12,21-23,38,43H,3,6-9,13,15-18H2,1H3/t21-,22?,23?,34+/m1/s1. The number of nitrogens with one attached hydrogen (secondary N) is 1. The van der Waals surface area contributed by atoms with Gasteiger partial charge in [-0.1, -0.05) is 12.1 Å². The lowest BCUT2D eigenvalue weighted by Crippen LogP contribution is -2.51. The van der Waals surface area contributed by atoms with Gasteiger partial charge >= 0.3 is 6.01 Å². The number of hydrogen-bond acceptors (Lipinski definition) is 9. The van der Waals surface area contributed by atoms with E-state index in [1.807, 2.05) is 24.5 Å². The van der Waals surface area contributed by atoms with Crippen molar-refractivity contribution in [3.63, 3.8) is 0 Å². The summed E-state index contributed by atoms with van der Waals surface area (Å²) in [5.74, 6) is -0.147. The van der Waals surface area contributed by atoms with E-state index in [0.29, 0.717) is 54.9 Å². The maximum atomic E-state index is 17.1. The van der Waals surface area contributed by atoms with Crippen molar-refractivity contribution < 1.29 is 18.6 Å². The van der Waals surface area contributed by atoms with E-state index in [4.69, 9.17) is 9.72 Å². The molecule has 1 aromatic heterocycles. The van der Waals surface area contributed by atoms with Gasteiger partial charge in [-0.15, -0.1) is 11.8 Å². The first-order valence-corrected chi connectivity index (χ1v) is 16.9. The fourth-order valence-corrected chi connectivity index (χ4v) is 8.86. The summed E-state index contributed by atoms with van der Waals surface area (Å²) < 4.78 is 37.9. The largest absolute Gasteiger partial charge is 0.508 e. The summed E-state index contributed by atoms with van der Waals surface area (Å²) in [5.41, 5.74) is 0.299. The Bertz CT molecular complexity index is 1870. The van der Waals surface area contributed by atoms with Crippen molar-refractivity contribution in [3.8, 4) is 29.0 Å². The lowest BCUT2D eigenvalue weighted by molar-refractivity contribution is 0.107. The summed E-state index contributed by atoms with van der Waals surface area (Å²) in [6.07, 6.45) is 5.38. The minimum atomic E-state index is -0.897. The van der Waals surface area contributed by atoms with Crippen molar-refractivity contribution >= 4 is 39.3 Å². The molecule has 4 aromatic rings. The number of fused-ring (bicyclic) bond motifs is 5. The minimum absolute atomic E-state index is 0.0223. The molecule has 0 radical (unpaired) electrons. The van der Waals surface area contributed by atoms with E-state index in [1.165, 1.54) is 17.8 Å². The highest BCUT2D eigenvalue weighted by Crippen LogP contribution is 2.44. The Morgan fingerprint density at radius 1 is 1.18 bits per heavy atom. The molecule has 3 aromatic carbocycles. The summed E-state index contributed by atoms with van der Waals surface area (Å²) in [6.45, 7) is 2.86. The van der Waals surface area contributed by atoms with Crippen LogP contribution in [-0.4, -0.2) is 82.8 Å². The maximum Gasteiger partial charge on any atom is 0.319 e. The molecule has 4 aliphatic heterocycles. The number of alkyl halides is 1. The van der Waals surface area contributed by atoms with E-state index < -0.39 is 17.5 Å². The SMILES string of the molecule is CSc1cccc2cc(O)cc(-c3c(C#N)cc4c(N5CC6CCC(C5)N6)nc(OC[C@@]56CCCN5C[C@H](F)C6)nc4c3F)c12. The van der Waals surface area contributed by atoms with E-state index in [-0.39, 0.29) is 35.0 Å². The van der Waals surface area contributed by atoms with Crippen LogP contribution < -0.4 is 15.0 Å². The van der Waals surface area contributed by atoms with Crippen molar-refractivity contribution in [1.82, 2.24) is 20.2 Å². The van der Waals surface area contributed by atoms with Crippen LogP contribution in [0.4, 0.5) is 14.6 Å². The maximum absolute atomic E-state index is 17.1. The van der Waals surface area contributed by atoms with E-state index in [9.17, 15) is 14.8 Å². The topological polar surface area (TPSA) is 97.5 Å². The third-order valence-electron chi connectivity index (χ3n) is 10.2. The molecule has 4 fully saturated rings. The van der Waals surface area contributed by atoms with Gasteiger partial charge in [-0.25, -0.2) is 8.78 Å². The molecule has 0 saturated carbocycles. The van der Waals surface area contributed by atoms with E-state index in [2.05, 4.69) is 26.2 Å². The monoisotopic (exact) mass is 628 g/mol. The summed E-state index contributed by atoms with van der Waals surface area (Å²) in [5, 5.41) is 26.6. The number of aromatic nitrogens is 2. The summed E-state index contributed by atoms with van der Waals surface area (Å²) >= 11 is 1.52. The predicted molar refractivity (Wildman–Crippen MR) is 171 cm³/mol. The van der Waals surface area contributed by atoms with Crippen LogP contribution in [0, 0.1) is 17.1 Å². The van der Waals surface area contributed by atoms with Crippen molar-refractivity contribution in [2.24, 2.45) is 0 Å². The number of thioether (sulfide) groups is 1. The highest BCUT2D eigenvalue weighted by Gasteiger charge is 2.49. The molecule has 2 N–H and O–H groups in total. The molecule has 232 valence electrons. The summed E-state index contributed by atoms with van der Waals surface area (Å²) in [6, 6.07) is 13.4. The van der Waals surface area contributed by atoms with Crippen LogP contribution in [-0.2, 0) is 0 Å². The molecule has 0 spiro atoms. The molecular formula is C34H34F2N6O2S. The lowest BCUT2D eigenvalue weighted by atomic mass is 9.92. The molecule has 2 unspecified atom stereocenters. The molecule has 0 amide bonds. The second-order valence-corrected chi connectivity index (χ2v) is 13.8. The van der Waals surface area contributed by atoms with Gasteiger partial charge in [0.05, 0.1) is 17.2 Å². The van der Waals surface area contributed by atoms with Gasteiger partial charge in [-0.2, -0.15) is 15.2 Å². The Balaban J connectivity index is 1.31. The molecule has 4 aliphatic rings. The van der Waals surface area contributed by atoms with Crippen molar-refractivity contribution in [2.75, 3.05) is 43.9 Å². The van der Waals surface area contributed by atoms with Crippen molar-refractivity contribution in [2.45, 2.75) is 60.8 Å². The Kier molecular flexibility index (Phi) is 7.00. The number of phenolic OH excluding ortho intramolecular Hbond substituents is 1. The number of benzene rings is 3. The second kappa shape index (κ2) is 11.0. The molecule has 8 nitrogen and oxygen atoms in total. The predicted octanol–water partition coefficient (Wildman–Crippen LogP) is 5.78. The first-order chi connectivity index (χ1) is 21.9. The van der Waals surface area contributed by atoms with Crippen LogP contribution in [0.5, 0.6) is 11.8 Å². The minimum Gasteiger partial charge on any atom is -0.508 e. The number of rotatable bonds is 6. The Hall–Kier alpha value is -3.72. The van der Waals surface area contributed by atoms with Crippen LogP contribution in [0.15, 0.2) is 41.3 Å². The van der Waals surface area contributed by atoms with Gasteiger partial charge in [0.25, 0.3) is 0 Å². The van der Waals surface area contributed by atoms with Crippen LogP contribution in [0.2, 0.25) is 0 Å². The fraction of sp³-hybridized carbons (Fsp3) is 0.441. The summed E-state index contributed by atoms with van der Waals surface area (Å²) in [7, 11) is 0. The molecule has 5 heterocycles. The molecule has 4 saturated heterocycles. The molecule has 8 rings (SSSR count). The highest BCUT2D eigenvalue weighted by molar-refractivity contribution is 7.98. The Morgan fingerprint density at radius 3 is 2.78 bits per heavy atom. The van der Waals surface area contributed by atoms with Crippen LogP contribution in [0.1, 0.15) is 37.7 Å². The molecule has 11 heteroatoms. The van der Waals surface area contributed by atoms with Gasteiger partial charge in [-0.05, 0) is 73.7 Å². The zero-order chi connectivity index (χ0) is 30.9. The van der Waals surface area contributed by atoms with Gasteiger partial charge < -0.3 is 20.1 Å². The first kappa shape index (κ1) is 28.7. The van der Waals surface area contributed by atoms with Gasteiger partial charge in [0.2, 0.25) is 0 Å². The number of ether oxygens (including phenoxy) is 1. The average molecular weight is 629 g/mol. The van der Waals surface area contributed by atoms with E-state index in [1.54, 1.807) is 12.1 Å².